The molecule has 3 rings (SSSR count). The summed E-state index contributed by atoms with van der Waals surface area (Å²) >= 11 is 0. The molecule has 98 valence electrons. The predicted molar refractivity (Wildman–Crippen MR) is 72.3 cm³/mol. The third kappa shape index (κ3) is 2.27. The number of hydrogen-bond donors (Lipinski definition) is 1. The fourth-order valence-corrected chi connectivity index (χ4v) is 2.39. The summed E-state index contributed by atoms with van der Waals surface area (Å²) in [6, 6.07) is 11.4. The Balaban J connectivity index is 1.75. The molecular formula is C15H16N2O2. The second-order valence-corrected chi connectivity index (χ2v) is 5.30. The first kappa shape index (κ1) is 12.0. The lowest BCUT2D eigenvalue weighted by Crippen LogP contribution is -2.61. The molecule has 4 heteroatoms. The number of hydrogen-bond acceptors (Lipinski definition) is 2. The van der Waals surface area contributed by atoms with Crippen LogP contribution in [-0.2, 0) is 0 Å². The van der Waals surface area contributed by atoms with Gasteiger partial charge in [0.15, 0.2) is 0 Å². The molecule has 0 atom stereocenters. The van der Waals surface area contributed by atoms with E-state index in [1.54, 1.807) is 11.8 Å². The van der Waals surface area contributed by atoms with E-state index < -0.39 is 5.60 Å². The summed E-state index contributed by atoms with van der Waals surface area (Å²) in [4.78, 5) is 13.8. The minimum atomic E-state index is -0.721. The van der Waals surface area contributed by atoms with Gasteiger partial charge in [-0.2, -0.15) is 0 Å². The monoisotopic (exact) mass is 256 g/mol. The van der Waals surface area contributed by atoms with Crippen molar-refractivity contribution in [3.8, 4) is 5.69 Å². The van der Waals surface area contributed by atoms with Crippen molar-refractivity contribution >= 4 is 5.91 Å². The van der Waals surface area contributed by atoms with Gasteiger partial charge in [-0.15, -0.1) is 0 Å². The topological polar surface area (TPSA) is 45.5 Å². The molecule has 1 N–H and O–H groups in total. The van der Waals surface area contributed by atoms with E-state index >= 15 is 0 Å². The average Bonchev–Trinajstić information content (AvgIpc) is 2.89. The fraction of sp³-hybridized carbons (Fsp3) is 0.267. The number of carbonyl (C=O) groups is 1. The molecule has 1 aliphatic heterocycles. The lowest BCUT2D eigenvalue weighted by Gasteiger charge is -2.44. The lowest BCUT2D eigenvalue weighted by atomic mass is 9.96. The molecule has 0 radical (unpaired) electrons. The molecule has 0 spiro atoms. The van der Waals surface area contributed by atoms with Gasteiger partial charge >= 0.3 is 0 Å². The summed E-state index contributed by atoms with van der Waals surface area (Å²) in [5.41, 5.74) is 0.962. The summed E-state index contributed by atoms with van der Waals surface area (Å²) in [5.74, 6) is -0.0226. The molecule has 1 saturated heterocycles. The van der Waals surface area contributed by atoms with E-state index in [-0.39, 0.29) is 5.91 Å². The highest BCUT2D eigenvalue weighted by Gasteiger charge is 2.39. The number of likely N-dealkylation sites (tertiary alicyclic amines) is 1. The average molecular weight is 256 g/mol. The summed E-state index contributed by atoms with van der Waals surface area (Å²) in [5, 5.41) is 9.65. The number of amides is 1. The fourth-order valence-electron chi connectivity index (χ4n) is 2.39. The predicted octanol–water partition coefficient (Wildman–Crippen LogP) is 1.68. The van der Waals surface area contributed by atoms with Gasteiger partial charge in [-0.25, -0.2) is 0 Å². The van der Waals surface area contributed by atoms with Crippen LogP contribution in [0.5, 0.6) is 0 Å². The third-order valence-electron chi connectivity index (χ3n) is 3.37. The van der Waals surface area contributed by atoms with Gasteiger partial charge in [0.2, 0.25) is 0 Å². The van der Waals surface area contributed by atoms with Gasteiger partial charge in [-0.1, -0.05) is 0 Å². The van der Waals surface area contributed by atoms with Crippen molar-refractivity contribution in [2.45, 2.75) is 12.5 Å². The molecule has 2 heterocycles. The van der Waals surface area contributed by atoms with E-state index in [9.17, 15) is 9.90 Å². The smallest absolute Gasteiger partial charge is 0.254 e. The van der Waals surface area contributed by atoms with Gasteiger partial charge < -0.3 is 14.6 Å². The Hall–Kier alpha value is -2.07. The van der Waals surface area contributed by atoms with Gasteiger partial charge in [0.25, 0.3) is 5.91 Å². The molecule has 0 unspecified atom stereocenters. The van der Waals surface area contributed by atoms with Crippen molar-refractivity contribution in [2.24, 2.45) is 0 Å². The highest BCUT2D eigenvalue weighted by Crippen LogP contribution is 2.22. The second-order valence-electron chi connectivity index (χ2n) is 5.30. The molecule has 2 aromatic rings. The molecule has 0 bridgehead atoms. The summed E-state index contributed by atoms with van der Waals surface area (Å²) < 4.78 is 1.99. The number of rotatable bonds is 2. The summed E-state index contributed by atoms with van der Waals surface area (Å²) in [6.07, 6.45) is 3.92. The van der Waals surface area contributed by atoms with E-state index in [1.165, 1.54) is 0 Å². The summed E-state index contributed by atoms with van der Waals surface area (Å²) in [7, 11) is 0. The molecule has 0 aliphatic carbocycles. The molecule has 1 fully saturated rings. The maximum absolute atomic E-state index is 12.1. The standard InChI is InChI=1S/C15H16N2O2/c1-15(19)10-17(11-15)14(18)12-4-6-13(7-5-12)16-8-2-3-9-16/h2-9,19H,10-11H2,1H3. The number of β-amino-alcohol motifs (C(OH)–C–C–N with tert-alkyl or cyclic N) is 1. The van der Waals surface area contributed by atoms with E-state index in [1.807, 2.05) is 53.4 Å². The van der Waals surface area contributed by atoms with Crippen LogP contribution in [0.15, 0.2) is 48.8 Å². The Morgan fingerprint density at radius 3 is 2.26 bits per heavy atom. The van der Waals surface area contributed by atoms with Crippen LogP contribution < -0.4 is 0 Å². The first-order valence-electron chi connectivity index (χ1n) is 6.30. The van der Waals surface area contributed by atoms with Crippen molar-refractivity contribution in [2.75, 3.05) is 13.1 Å². The van der Waals surface area contributed by atoms with Crippen molar-refractivity contribution in [1.82, 2.24) is 9.47 Å². The van der Waals surface area contributed by atoms with Gasteiger partial charge in [0, 0.05) is 23.6 Å². The van der Waals surface area contributed by atoms with Crippen molar-refractivity contribution < 1.29 is 9.90 Å². The Morgan fingerprint density at radius 1 is 1.16 bits per heavy atom. The Labute approximate surface area is 111 Å². The lowest BCUT2D eigenvalue weighted by molar-refractivity contribution is -0.0668. The van der Waals surface area contributed by atoms with E-state index in [2.05, 4.69) is 0 Å². The van der Waals surface area contributed by atoms with Gasteiger partial charge in [0.1, 0.15) is 0 Å². The Morgan fingerprint density at radius 2 is 1.74 bits per heavy atom. The number of aliphatic hydroxyl groups is 1. The zero-order valence-corrected chi connectivity index (χ0v) is 10.8. The first-order valence-corrected chi connectivity index (χ1v) is 6.30. The van der Waals surface area contributed by atoms with Gasteiger partial charge in [0.05, 0.1) is 18.7 Å². The minimum absolute atomic E-state index is 0.0226. The van der Waals surface area contributed by atoms with Crippen LogP contribution in [0.3, 0.4) is 0 Å². The number of nitrogens with zero attached hydrogens (tertiary/aromatic N) is 2. The molecule has 1 aliphatic rings. The van der Waals surface area contributed by atoms with Crippen LogP contribution in [0, 0.1) is 0 Å². The van der Waals surface area contributed by atoms with Crippen LogP contribution in [0.25, 0.3) is 5.69 Å². The molecular weight excluding hydrogens is 240 g/mol. The zero-order chi connectivity index (χ0) is 13.5. The Bertz CT molecular complexity index is 577. The SMILES string of the molecule is CC1(O)CN(C(=O)c2ccc(-n3cccc3)cc2)C1. The number of aromatic nitrogens is 1. The van der Waals surface area contributed by atoms with Crippen molar-refractivity contribution in [1.29, 1.82) is 0 Å². The quantitative estimate of drug-likeness (QED) is 0.888. The van der Waals surface area contributed by atoms with Gasteiger partial charge in [-0.3, -0.25) is 4.79 Å². The van der Waals surface area contributed by atoms with Gasteiger partial charge in [-0.05, 0) is 43.3 Å². The molecule has 1 amide bonds. The molecule has 19 heavy (non-hydrogen) atoms. The van der Waals surface area contributed by atoms with Crippen molar-refractivity contribution in [3.05, 3.63) is 54.4 Å². The second kappa shape index (κ2) is 4.24. The van der Waals surface area contributed by atoms with Crippen LogP contribution in [0.1, 0.15) is 17.3 Å². The summed E-state index contributed by atoms with van der Waals surface area (Å²) in [6.45, 7) is 2.56. The van der Waals surface area contributed by atoms with Crippen molar-refractivity contribution in [3.63, 3.8) is 0 Å². The molecule has 1 aromatic carbocycles. The van der Waals surface area contributed by atoms with Crippen LogP contribution in [-0.4, -0.2) is 39.2 Å². The third-order valence-corrected chi connectivity index (χ3v) is 3.37. The molecule has 1 aromatic heterocycles. The minimum Gasteiger partial charge on any atom is -0.386 e. The highest BCUT2D eigenvalue weighted by molar-refractivity contribution is 5.95. The maximum Gasteiger partial charge on any atom is 0.254 e. The number of benzene rings is 1. The van der Waals surface area contributed by atoms with Crippen LogP contribution in [0.4, 0.5) is 0 Å². The van der Waals surface area contributed by atoms with E-state index in [0.29, 0.717) is 18.7 Å². The van der Waals surface area contributed by atoms with E-state index in [4.69, 9.17) is 0 Å². The Kier molecular flexibility index (Phi) is 2.68. The zero-order valence-electron chi connectivity index (χ0n) is 10.8. The largest absolute Gasteiger partial charge is 0.386 e. The van der Waals surface area contributed by atoms with E-state index in [0.717, 1.165) is 5.69 Å². The first-order chi connectivity index (χ1) is 9.05. The normalized spacial score (nSPS) is 17.1. The van der Waals surface area contributed by atoms with Crippen LogP contribution >= 0.6 is 0 Å². The number of carbonyl (C=O) groups excluding carboxylic acids is 1. The molecule has 0 saturated carbocycles. The van der Waals surface area contributed by atoms with Crippen LogP contribution in [0.2, 0.25) is 0 Å². The maximum atomic E-state index is 12.1. The highest BCUT2D eigenvalue weighted by atomic mass is 16.3. The molecule has 4 nitrogen and oxygen atoms in total.